The maximum absolute atomic E-state index is 13.1. The molecule has 0 fully saturated rings. The molecule has 0 amide bonds. The first-order valence-corrected chi connectivity index (χ1v) is 5.47. The molecule has 1 aromatic heterocycles. The zero-order chi connectivity index (χ0) is 10.1. The molecular weight excluding hydrogens is 269 g/mol. The van der Waals surface area contributed by atoms with E-state index in [4.69, 9.17) is 0 Å². The van der Waals surface area contributed by atoms with Crippen LogP contribution in [0.5, 0.6) is 0 Å². The lowest BCUT2D eigenvalue weighted by Gasteiger charge is -1.98. The van der Waals surface area contributed by atoms with Crippen LogP contribution in [-0.4, -0.2) is 4.98 Å². The lowest BCUT2D eigenvalue weighted by atomic mass is 10.2. The van der Waals surface area contributed by atoms with Gasteiger partial charge in [-0.25, -0.2) is 4.39 Å². The van der Waals surface area contributed by atoms with Gasteiger partial charge < -0.3 is 4.98 Å². The Balaban J connectivity index is 2.52. The summed E-state index contributed by atoms with van der Waals surface area (Å²) < 4.78 is 13.6. The minimum atomic E-state index is -0.338. The molecule has 0 atom stereocenters. The maximum Gasteiger partial charge on any atom is 0.304 e. The number of aromatic amines is 1. The molecular formula is C9H5BrFNOS. The van der Waals surface area contributed by atoms with E-state index < -0.39 is 0 Å². The number of rotatable bonds is 1. The van der Waals surface area contributed by atoms with Gasteiger partial charge >= 0.3 is 4.87 Å². The van der Waals surface area contributed by atoms with Crippen molar-refractivity contribution >= 4 is 27.3 Å². The fourth-order valence-electron chi connectivity index (χ4n) is 1.09. The van der Waals surface area contributed by atoms with E-state index in [1.165, 1.54) is 6.07 Å². The van der Waals surface area contributed by atoms with Crippen molar-refractivity contribution in [2.45, 2.75) is 0 Å². The summed E-state index contributed by atoms with van der Waals surface area (Å²) in [6, 6.07) is 4.73. The van der Waals surface area contributed by atoms with Crippen molar-refractivity contribution in [1.82, 2.24) is 4.98 Å². The Morgan fingerprint density at radius 2 is 2.21 bits per heavy atom. The van der Waals surface area contributed by atoms with Crippen molar-refractivity contribution in [3.05, 3.63) is 43.5 Å². The van der Waals surface area contributed by atoms with Crippen LogP contribution < -0.4 is 4.87 Å². The van der Waals surface area contributed by atoms with Crippen LogP contribution in [0.2, 0.25) is 0 Å². The van der Waals surface area contributed by atoms with Gasteiger partial charge in [-0.05, 0) is 28.1 Å². The van der Waals surface area contributed by atoms with Gasteiger partial charge in [0.25, 0.3) is 0 Å². The number of benzene rings is 1. The van der Waals surface area contributed by atoms with E-state index in [-0.39, 0.29) is 10.7 Å². The molecule has 0 spiro atoms. The van der Waals surface area contributed by atoms with Crippen LogP contribution in [-0.2, 0) is 0 Å². The van der Waals surface area contributed by atoms with Crippen LogP contribution in [0.1, 0.15) is 0 Å². The van der Waals surface area contributed by atoms with E-state index in [0.29, 0.717) is 15.7 Å². The first-order valence-electron chi connectivity index (χ1n) is 3.80. The Kier molecular flexibility index (Phi) is 2.52. The molecule has 14 heavy (non-hydrogen) atoms. The second-order valence-corrected chi connectivity index (χ2v) is 4.39. The van der Waals surface area contributed by atoms with Crippen LogP contribution in [0.15, 0.2) is 32.8 Å². The average molecular weight is 274 g/mol. The third-order valence-electron chi connectivity index (χ3n) is 1.75. The first-order chi connectivity index (χ1) is 6.66. The molecule has 2 aromatic rings. The van der Waals surface area contributed by atoms with Gasteiger partial charge in [0, 0.05) is 10.9 Å². The van der Waals surface area contributed by atoms with Gasteiger partial charge in [-0.2, -0.15) is 0 Å². The zero-order valence-corrected chi connectivity index (χ0v) is 9.28. The summed E-state index contributed by atoms with van der Waals surface area (Å²) >= 11 is 4.13. The molecule has 5 heteroatoms. The Morgan fingerprint density at radius 3 is 2.79 bits per heavy atom. The molecule has 1 aromatic carbocycles. The minimum absolute atomic E-state index is 0.136. The molecule has 1 N–H and O–H groups in total. The summed E-state index contributed by atoms with van der Waals surface area (Å²) in [6.07, 6.45) is 0. The molecule has 72 valence electrons. The lowest BCUT2D eigenvalue weighted by molar-refractivity contribution is 0.621. The zero-order valence-electron chi connectivity index (χ0n) is 6.88. The quantitative estimate of drug-likeness (QED) is 0.851. The number of nitrogens with one attached hydrogen (secondary N) is 1. The van der Waals surface area contributed by atoms with Crippen LogP contribution >= 0.6 is 27.3 Å². The number of halogens is 2. The van der Waals surface area contributed by atoms with Crippen molar-refractivity contribution in [3.63, 3.8) is 0 Å². The highest BCUT2D eigenvalue weighted by atomic mass is 79.9. The van der Waals surface area contributed by atoms with Crippen LogP contribution in [0.25, 0.3) is 11.3 Å². The Bertz CT molecular complexity index is 520. The molecule has 2 rings (SSSR count). The molecule has 0 saturated carbocycles. The predicted octanol–water partition coefficient (Wildman–Crippen LogP) is 3.01. The fourth-order valence-corrected chi connectivity index (χ4v) is 1.92. The fraction of sp³-hybridized carbons (Fsp3) is 0. The molecule has 0 unspecified atom stereocenters. The summed E-state index contributed by atoms with van der Waals surface area (Å²) in [4.78, 5) is 13.4. The third kappa shape index (κ3) is 1.78. The number of hydrogen-bond acceptors (Lipinski definition) is 2. The first kappa shape index (κ1) is 9.61. The molecule has 1 heterocycles. The van der Waals surface area contributed by atoms with E-state index in [9.17, 15) is 9.18 Å². The molecule has 0 radical (unpaired) electrons. The van der Waals surface area contributed by atoms with Crippen LogP contribution in [0.3, 0.4) is 0 Å². The number of thiazole rings is 1. The van der Waals surface area contributed by atoms with Crippen molar-refractivity contribution in [3.8, 4) is 11.3 Å². The monoisotopic (exact) mass is 273 g/mol. The van der Waals surface area contributed by atoms with E-state index >= 15 is 0 Å². The van der Waals surface area contributed by atoms with E-state index in [0.717, 1.165) is 11.3 Å². The highest BCUT2D eigenvalue weighted by Crippen LogP contribution is 2.23. The second-order valence-electron chi connectivity index (χ2n) is 2.69. The molecule has 0 aliphatic carbocycles. The predicted molar refractivity (Wildman–Crippen MR) is 58.0 cm³/mol. The van der Waals surface area contributed by atoms with Gasteiger partial charge in [0.05, 0.1) is 10.2 Å². The van der Waals surface area contributed by atoms with E-state index in [1.54, 1.807) is 17.5 Å². The van der Waals surface area contributed by atoms with Crippen molar-refractivity contribution < 1.29 is 4.39 Å². The lowest BCUT2D eigenvalue weighted by Crippen LogP contribution is -1.92. The Labute approximate surface area is 91.5 Å². The topological polar surface area (TPSA) is 32.9 Å². The number of hydrogen-bond donors (Lipinski definition) is 1. The van der Waals surface area contributed by atoms with Crippen molar-refractivity contribution in [2.75, 3.05) is 0 Å². The number of aromatic nitrogens is 1. The smallest absolute Gasteiger partial charge is 0.304 e. The molecule has 0 aliphatic rings. The van der Waals surface area contributed by atoms with E-state index in [2.05, 4.69) is 20.9 Å². The Morgan fingerprint density at radius 1 is 1.43 bits per heavy atom. The molecule has 0 aliphatic heterocycles. The summed E-state index contributed by atoms with van der Waals surface area (Å²) in [5.74, 6) is -0.338. The second kappa shape index (κ2) is 3.67. The number of H-pyrrole nitrogens is 1. The summed E-state index contributed by atoms with van der Waals surface area (Å²) in [7, 11) is 0. The van der Waals surface area contributed by atoms with Crippen LogP contribution in [0, 0.1) is 5.82 Å². The minimum Gasteiger partial charge on any atom is -0.312 e. The largest absolute Gasteiger partial charge is 0.312 e. The van der Waals surface area contributed by atoms with Gasteiger partial charge in [0.15, 0.2) is 0 Å². The standard InChI is InChI=1S/C9H5BrFNOS/c10-6-2-1-5(3-7(6)11)8-4-14-9(13)12-8/h1-4H,(H,12,13). The molecule has 0 bridgehead atoms. The maximum atomic E-state index is 13.1. The van der Waals surface area contributed by atoms with Gasteiger partial charge in [-0.1, -0.05) is 17.4 Å². The molecule has 2 nitrogen and oxygen atoms in total. The normalized spacial score (nSPS) is 10.4. The van der Waals surface area contributed by atoms with Gasteiger partial charge in [0.1, 0.15) is 5.82 Å². The van der Waals surface area contributed by atoms with E-state index in [1.807, 2.05) is 0 Å². The van der Waals surface area contributed by atoms with Crippen molar-refractivity contribution in [2.24, 2.45) is 0 Å². The summed E-state index contributed by atoms with van der Waals surface area (Å²) in [5.41, 5.74) is 1.32. The third-order valence-corrected chi connectivity index (χ3v) is 3.06. The van der Waals surface area contributed by atoms with Gasteiger partial charge in [-0.3, -0.25) is 4.79 Å². The van der Waals surface area contributed by atoms with Gasteiger partial charge in [-0.15, -0.1) is 0 Å². The SMILES string of the molecule is O=c1[nH]c(-c2ccc(Br)c(F)c2)cs1. The highest BCUT2D eigenvalue weighted by Gasteiger charge is 2.04. The highest BCUT2D eigenvalue weighted by molar-refractivity contribution is 9.10. The average Bonchev–Trinajstić information content (AvgIpc) is 2.57. The molecule has 0 saturated heterocycles. The Hall–Kier alpha value is -0.940. The van der Waals surface area contributed by atoms with Gasteiger partial charge in [0.2, 0.25) is 0 Å². The van der Waals surface area contributed by atoms with Crippen molar-refractivity contribution in [1.29, 1.82) is 0 Å². The summed E-state index contributed by atoms with van der Waals surface area (Å²) in [6.45, 7) is 0. The summed E-state index contributed by atoms with van der Waals surface area (Å²) in [5, 5.41) is 1.67. The van der Waals surface area contributed by atoms with Crippen LogP contribution in [0.4, 0.5) is 4.39 Å².